The summed E-state index contributed by atoms with van der Waals surface area (Å²) in [5, 5.41) is 2.77. The van der Waals surface area contributed by atoms with Gasteiger partial charge in [0.05, 0.1) is 6.26 Å². The summed E-state index contributed by atoms with van der Waals surface area (Å²) in [6, 6.07) is 13.5. The zero-order chi connectivity index (χ0) is 18.1. The SMILES string of the molecule is CCC(C)N(Cc1ccccc1)C(=O)CCCNC(=O)c1ccco1. The zero-order valence-electron chi connectivity index (χ0n) is 14.9. The number of carbonyl (C=O) groups excluding carboxylic acids is 2. The molecule has 25 heavy (non-hydrogen) atoms. The van der Waals surface area contributed by atoms with Gasteiger partial charge in [0.25, 0.3) is 5.91 Å². The van der Waals surface area contributed by atoms with Crippen LogP contribution in [-0.2, 0) is 11.3 Å². The molecule has 0 aliphatic heterocycles. The first-order chi connectivity index (χ1) is 12.1. The fourth-order valence-corrected chi connectivity index (χ4v) is 2.57. The molecule has 1 atom stereocenters. The third-order valence-electron chi connectivity index (χ3n) is 4.24. The van der Waals surface area contributed by atoms with Gasteiger partial charge >= 0.3 is 0 Å². The number of hydrogen-bond donors (Lipinski definition) is 1. The number of amides is 2. The lowest BCUT2D eigenvalue weighted by atomic mass is 10.1. The normalized spacial score (nSPS) is 11.8. The number of nitrogens with zero attached hydrogens (tertiary/aromatic N) is 1. The summed E-state index contributed by atoms with van der Waals surface area (Å²) in [5.74, 6) is 0.155. The zero-order valence-corrected chi connectivity index (χ0v) is 14.9. The summed E-state index contributed by atoms with van der Waals surface area (Å²) in [4.78, 5) is 26.3. The lowest BCUT2D eigenvalue weighted by Crippen LogP contribution is -2.38. The smallest absolute Gasteiger partial charge is 0.286 e. The van der Waals surface area contributed by atoms with E-state index in [1.807, 2.05) is 35.2 Å². The molecular weight excluding hydrogens is 316 g/mol. The number of benzene rings is 1. The molecule has 0 saturated carbocycles. The molecule has 2 amide bonds. The highest BCUT2D eigenvalue weighted by Crippen LogP contribution is 2.13. The molecule has 0 aliphatic carbocycles. The van der Waals surface area contributed by atoms with Gasteiger partial charge in [-0.05, 0) is 37.5 Å². The summed E-state index contributed by atoms with van der Waals surface area (Å²) in [6.07, 6.45) is 3.39. The van der Waals surface area contributed by atoms with E-state index in [1.165, 1.54) is 6.26 Å². The van der Waals surface area contributed by atoms with Crippen molar-refractivity contribution in [3.8, 4) is 0 Å². The van der Waals surface area contributed by atoms with E-state index in [4.69, 9.17) is 4.42 Å². The van der Waals surface area contributed by atoms with Gasteiger partial charge in [0.1, 0.15) is 0 Å². The van der Waals surface area contributed by atoms with Gasteiger partial charge in [-0.15, -0.1) is 0 Å². The first-order valence-electron chi connectivity index (χ1n) is 8.77. The number of furan rings is 1. The van der Waals surface area contributed by atoms with E-state index in [9.17, 15) is 9.59 Å². The average molecular weight is 342 g/mol. The van der Waals surface area contributed by atoms with Crippen molar-refractivity contribution in [3.05, 3.63) is 60.1 Å². The molecule has 0 aliphatic rings. The molecule has 0 saturated heterocycles. The molecule has 1 aromatic heterocycles. The molecule has 0 spiro atoms. The monoisotopic (exact) mass is 342 g/mol. The van der Waals surface area contributed by atoms with Crippen LogP contribution in [0.25, 0.3) is 0 Å². The van der Waals surface area contributed by atoms with Crippen LogP contribution < -0.4 is 5.32 Å². The third kappa shape index (κ3) is 5.78. The summed E-state index contributed by atoms with van der Waals surface area (Å²) in [5.41, 5.74) is 1.13. The van der Waals surface area contributed by atoms with Crippen LogP contribution in [0.2, 0.25) is 0 Å². The second-order valence-corrected chi connectivity index (χ2v) is 6.10. The van der Waals surface area contributed by atoms with E-state index in [1.54, 1.807) is 12.1 Å². The minimum absolute atomic E-state index is 0.116. The van der Waals surface area contributed by atoms with Crippen LogP contribution in [0.15, 0.2) is 53.1 Å². The fraction of sp³-hybridized carbons (Fsp3) is 0.400. The number of rotatable bonds is 9. The van der Waals surface area contributed by atoms with E-state index >= 15 is 0 Å². The predicted octanol–water partition coefficient (Wildman–Crippen LogP) is 3.62. The van der Waals surface area contributed by atoms with Gasteiger partial charge in [0, 0.05) is 25.6 Å². The Morgan fingerprint density at radius 1 is 1.16 bits per heavy atom. The molecule has 2 rings (SSSR count). The third-order valence-corrected chi connectivity index (χ3v) is 4.24. The maximum absolute atomic E-state index is 12.6. The highest BCUT2D eigenvalue weighted by atomic mass is 16.3. The highest BCUT2D eigenvalue weighted by Gasteiger charge is 2.19. The minimum atomic E-state index is -0.250. The molecule has 1 unspecified atom stereocenters. The van der Waals surface area contributed by atoms with Crippen LogP contribution >= 0.6 is 0 Å². The van der Waals surface area contributed by atoms with E-state index in [-0.39, 0.29) is 23.6 Å². The van der Waals surface area contributed by atoms with Gasteiger partial charge in [0.2, 0.25) is 5.91 Å². The van der Waals surface area contributed by atoms with Crippen LogP contribution in [0.1, 0.15) is 49.2 Å². The maximum Gasteiger partial charge on any atom is 0.286 e. The van der Waals surface area contributed by atoms with Crippen molar-refractivity contribution in [1.29, 1.82) is 0 Å². The number of nitrogens with one attached hydrogen (secondary N) is 1. The van der Waals surface area contributed by atoms with Gasteiger partial charge < -0.3 is 14.6 Å². The molecule has 2 aromatic rings. The van der Waals surface area contributed by atoms with Crippen LogP contribution in [-0.4, -0.2) is 29.3 Å². The Kier molecular flexibility index (Phi) is 7.26. The fourth-order valence-electron chi connectivity index (χ4n) is 2.57. The Balaban J connectivity index is 1.81. The molecule has 5 heteroatoms. The minimum Gasteiger partial charge on any atom is -0.459 e. The van der Waals surface area contributed by atoms with E-state index in [0.29, 0.717) is 25.9 Å². The van der Waals surface area contributed by atoms with Crippen molar-refractivity contribution in [2.75, 3.05) is 6.54 Å². The first kappa shape index (κ1) is 18.8. The second kappa shape index (κ2) is 9.67. The van der Waals surface area contributed by atoms with Crippen molar-refractivity contribution in [1.82, 2.24) is 10.2 Å². The predicted molar refractivity (Wildman–Crippen MR) is 97.0 cm³/mol. The van der Waals surface area contributed by atoms with Crippen molar-refractivity contribution in [3.63, 3.8) is 0 Å². The topological polar surface area (TPSA) is 62.6 Å². The lowest BCUT2D eigenvalue weighted by Gasteiger charge is -2.29. The average Bonchev–Trinajstić information content (AvgIpc) is 3.18. The summed E-state index contributed by atoms with van der Waals surface area (Å²) in [6.45, 7) is 5.22. The number of hydrogen-bond acceptors (Lipinski definition) is 3. The Hall–Kier alpha value is -2.56. The molecular formula is C20H26N2O3. The van der Waals surface area contributed by atoms with Crippen LogP contribution in [0.4, 0.5) is 0 Å². The molecule has 0 bridgehead atoms. The van der Waals surface area contributed by atoms with Gasteiger partial charge in [-0.1, -0.05) is 37.3 Å². The van der Waals surface area contributed by atoms with Gasteiger partial charge in [-0.2, -0.15) is 0 Å². The van der Waals surface area contributed by atoms with Crippen molar-refractivity contribution >= 4 is 11.8 Å². The highest BCUT2D eigenvalue weighted by molar-refractivity contribution is 5.91. The Bertz CT molecular complexity index is 653. The molecule has 5 nitrogen and oxygen atoms in total. The van der Waals surface area contributed by atoms with Crippen LogP contribution in [0, 0.1) is 0 Å². The molecule has 1 heterocycles. The molecule has 0 radical (unpaired) electrons. The van der Waals surface area contributed by atoms with E-state index in [0.717, 1.165) is 12.0 Å². The largest absolute Gasteiger partial charge is 0.459 e. The van der Waals surface area contributed by atoms with Gasteiger partial charge in [-0.3, -0.25) is 9.59 Å². The molecule has 1 aromatic carbocycles. The van der Waals surface area contributed by atoms with Crippen molar-refractivity contribution in [2.24, 2.45) is 0 Å². The standard InChI is InChI=1S/C20H26N2O3/c1-3-16(2)22(15-17-9-5-4-6-10-17)19(23)12-7-13-21-20(24)18-11-8-14-25-18/h4-6,8-11,14,16H,3,7,12-13,15H2,1-2H3,(H,21,24). The van der Waals surface area contributed by atoms with Crippen molar-refractivity contribution < 1.29 is 14.0 Å². The quantitative estimate of drug-likeness (QED) is 0.708. The Morgan fingerprint density at radius 2 is 1.92 bits per heavy atom. The molecule has 0 fully saturated rings. The van der Waals surface area contributed by atoms with E-state index < -0.39 is 0 Å². The second-order valence-electron chi connectivity index (χ2n) is 6.10. The first-order valence-corrected chi connectivity index (χ1v) is 8.77. The van der Waals surface area contributed by atoms with Crippen molar-refractivity contribution in [2.45, 2.75) is 45.7 Å². The Labute approximate surface area is 149 Å². The van der Waals surface area contributed by atoms with Gasteiger partial charge in [0.15, 0.2) is 5.76 Å². The summed E-state index contributed by atoms with van der Waals surface area (Å²) in [7, 11) is 0. The Morgan fingerprint density at radius 3 is 2.56 bits per heavy atom. The van der Waals surface area contributed by atoms with E-state index in [2.05, 4.69) is 19.2 Å². The number of carbonyl (C=O) groups is 2. The summed E-state index contributed by atoms with van der Waals surface area (Å²) < 4.78 is 5.04. The molecule has 134 valence electrons. The van der Waals surface area contributed by atoms with Gasteiger partial charge in [-0.25, -0.2) is 0 Å². The summed E-state index contributed by atoms with van der Waals surface area (Å²) >= 11 is 0. The van der Waals surface area contributed by atoms with Crippen LogP contribution in [0.3, 0.4) is 0 Å². The lowest BCUT2D eigenvalue weighted by molar-refractivity contribution is -0.134. The van der Waals surface area contributed by atoms with Crippen LogP contribution in [0.5, 0.6) is 0 Å². The maximum atomic E-state index is 12.6. The molecule has 1 N–H and O–H groups in total.